The summed E-state index contributed by atoms with van der Waals surface area (Å²) in [5.41, 5.74) is 9.29. The van der Waals surface area contributed by atoms with Crippen LogP contribution in [-0.2, 0) is 6.42 Å². The molecule has 2 aromatic rings. The number of rotatable bonds is 3. The van der Waals surface area contributed by atoms with Gasteiger partial charge in [-0.3, -0.25) is 4.98 Å². The minimum absolute atomic E-state index is 0.321. The van der Waals surface area contributed by atoms with Crippen LogP contribution in [0, 0.1) is 6.92 Å². The maximum Gasteiger partial charge on any atom is 0.163 e. The fourth-order valence-electron chi connectivity index (χ4n) is 2.99. The third-order valence-electron chi connectivity index (χ3n) is 4.30. The zero-order valence-corrected chi connectivity index (χ0v) is 13.3. The molecule has 5 nitrogen and oxygen atoms in total. The summed E-state index contributed by atoms with van der Waals surface area (Å²) < 4.78 is 0. The van der Waals surface area contributed by atoms with E-state index in [9.17, 15) is 0 Å². The standard InChI is InChI=1S/C17H23N5/c1-3-15-12(2)20-16(13-5-4-8-19-11-13)21-17(15)22-9-6-14(18)7-10-22/h4-5,8,11,14H,3,6-7,9-10,18H2,1-2H3. The maximum absolute atomic E-state index is 6.03. The van der Waals surface area contributed by atoms with E-state index in [0.717, 1.165) is 55.3 Å². The van der Waals surface area contributed by atoms with Crippen molar-refractivity contribution in [2.24, 2.45) is 5.73 Å². The zero-order valence-electron chi connectivity index (χ0n) is 13.3. The molecule has 3 rings (SSSR count). The van der Waals surface area contributed by atoms with Crippen molar-refractivity contribution in [3.63, 3.8) is 0 Å². The number of nitrogens with two attached hydrogens (primary N) is 1. The molecule has 0 bridgehead atoms. The first-order valence-electron chi connectivity index (χ1n) is 7.97. The predicted octanol–water partition coefficient (Wildman–Crippen LogP) is 2.34. The van der Waals surface area contributed by atoms with Crippen molar-refractivity contribution < 1.29 is 0 Å². The zero-order chi connectivity index (χ0) is 15.5. The minimum Gasteiger partial charge on any atom is -0.356 e. The fraction of sp³-hybridized carbons (Fsp3) is 0.471. The van der Waals surface area contributed by atoms with Crippen molar-refractivity contribution in [1.29, 1.82) is 0 Å². The second-order valence-corrected chi connectivity index (χ2v) is 5.85. The number of hydrogen-bond acceptors (Lipinski definition) is 5. The van der Waals surface area contributed by atoms with Gasteiger partial charge in [-0.05, 0) is 38.3 Å². The van der Waals surface area contributed by atoms with Gasteiger partial charge in [0.1, 0.15) is 5.82 Å². The van der Waals surface area contributed by atoms with Crippen LogP contribution in [0.4, 0.5) is 5.82 Å². The van der Waals surface area contributed by atoms with Gasteiger partial charge in [0.05, 0.1) is 0 Å². The van der Waals surface area contributed by atoms with Crippen LogP contribution < -0.4 is 10.6 Å². The highest BCUT2D eigenvalue weighted by Crippen LogP contribution is 2.27. The van der Waals surface area contributed by atoms with Gasteiger partial charge < -0.3 is 10.6 Å². The Morgan fingerprint density at radius 3 is 2.68 bits per heavy atom. The quantitative estimate of drug-likeness (QED) is 0.941. The van der Waals surface area contributed by atoms with Crippen LogP contribution in [0.2, 0.25) is 0 Å². The molecule has 3 heterocycles. The molecular weight excluding hydrogens is 274 g/mol. The van der Waals surface area contributed by atoms with Gasteiger partial charge in [0, 0.05) is 48.3 Å². The summed E-state index contributed by atoms with van der Waals surface area (Å²) in [6, 6.07) is 4.24. The number of aromatic nitrogens is 3. The fourth-order valence-corrected chi connectivity index (χ4v) is 2.99. The van der Waals surface area contributed by atoms with Gasteiger partial charge in [-0.15, -0.1) is 0 Å². The first kappa shape index (κ1) is 14.9. The number of hydrogen-bond donors (Lipinski definition) is 1. The van der Waals surface area contributed by atoms with E-state index in [4.69, 9.17) is 10.7 Å². The van der Waals surface area contributed by atoms with Crippen LogP contribution in [0.25, 0.3) is 11.4 Å². The number of anilines is 1. The van der Waals surface area contributed by atoms with Crippen LogP contribution in [0.1, 0.15) is 31.0 Å². The van der Waals surface area contributed by atoms with Gasteiger partial charge in [-0.1, -0.05) is 6.92 Å². The lowest BCUT2D eigenvalue weighted by molar-refractivity contribution is 0.497. The molecular formula is C17H23N5. The molecule has 2 aromatic heterocycles. The molecule has 116 valence electrons. The number of pyridine rings is 1. The van der Waals surface area contributed by atoms with Crippen LogP contribution in [0.15, 0.2) is 24.5 Å². The lowest BCUT2D eigenvalue weighted by Crippen LogP contribution is -2.40. The monoisotopic (exact) mass is 297 g/mol. The number of aryl methyl sites for hydroxylation is 1. The third-order valence-corrected chi connectivity index (χ3v) is 4.30. The average Bonchev–Trinajstić information content (AvgIpc) is 2.55. The van der Waals surface area contributed by atoms with Gasteiger partial charge >= 0.3 is 0 Å². The maximum atomic E-state index is 6.03. The van der Waals surface area contributed by atoms with Crippen LogP contribution in [0.3, 0.4) is 0 Å². The molecule has 0 spiro atoms. The summed E-state index contributed by atoms with van der Waals surface area (Å²) in [6.45, 7) is 6.17. The van der Waals surface area contributed by atoms with Crippen molar-refractivity contribution in [3.8, 4) is 11.4 Å². The lowest BCUT2D eigenvalue weighted by atomic mass is 10.0. The second kappa shape index (κ2) is 6.40. The normalized spacial score (nSPS) is 16.0. The highest BCUT2D eigenvalue weighted by Gasteiger charge is 2.21. The highest BCUT2D eigenvalue weighted by molar-refractivity contribution is 5.60. The van der Waals surface area contributed by atoms with Gasteiger partial charge in [0.25, 0.3) is 0 Å². The van der Waals surface area contributed by atoms with E-state index in [1.165, 1.54) is 5.56 Å². The van der Waals surface area contributed by atoms with Crippen molar-refractivity contribution >= 4 is 5.82 Å². The van der Waals surface area contributed by atoms with Crippen molar-refractivity contribution in [2.45, 2.75) is 39.2 Å². The summed E-state index contributed by atoms with van der Waals surface area (Å²) in [7, 11) is 0. The molecule has 0 radical (unpaired) electrons. The number of nitrogens with zero attached hydrogens (tertiary/aromatic N) is 4. The van der Waals surface area contributed by atoms with E-state index in [-0.39, 0.29) is 0 Å². The molecule has 0 unspecified atom stereocenters. The molecule has 1 fully saturated rings. The summed E-state index contributed by atoms with van der Waals surface area (Å²) >= 11 is 0. The van der Waals surface area contributed by atoms with Crippen molar-refractivity contribution in [3.05, 3.63) is 35.8 Å². The Kier molecular flexibility index (Phi) is 4.34. The molecule has 1 saturated heterocycles. The number of piperidine rings is 1. The Labute approximate surface area is 131 Å². The molecule has 1 aliphatic rings. The second-order valence-electron chi connectivity index (χ2n) is 5.85. The first-order valence-corrected chi connectivity index (χ1v) is 7.97. The third kappa shape index (κ3) is 2.95. The summed E-state index contributed by atoms with van der Waals surface area (Å²) in [5.74, 6) is 1.83. The molecule has 0 aromatic carbocycles. The molecule has 22 heavy (non-hydrogen) atoms. The Morgan fingerprint density at radius 1 is 1.27 bits per heavy atom. The Bertz CT molecular complexity index is 633. The SMILES string of the molecule is CCc1c(C)nc(-c2cccnc2)nc1N1CCC(N)CC1. The van der Waals surface area contributed by atoms with Gasteiger partial charge in [0.15, 0.2) is 5.82 Å². The van der Waals surface area contributed by atoms with Crippen molar-refractivity contribution in [1.82, 2.24) is 15.0 Å². The topological polar surface area (TPSA) is 67.9 Å². The van der Waals surface area contributed by atoms with Crippen LogP contribution >= 0.6 is 0 Å². The lowest BCUT2D eigenvalue weighted by Gasteiger charge is -2.32. The Morgan fingerprint density at radius 2 is 2.05 bits per heavy atom. The van der Waals surface area contributed by atoms with Crippen LogP contribution in [-0.4, -0.2) is 34.1 Å². The predicted molar refractivity (Wildman–Crippen MR) is 88.8 cm³/mol. The molecule has 0 atom stereocenters. The Hall–Kier alpha value is -2.01. The summed E-state index contributed by atoms with van der Waals surface area (Å²) in [6.07, 6.45) is 6.57. The van der Waals surface area contributed by atoms with E-state index < -0.39 is 0 Å². The largest absolute Gasteiger partial charge is 0.356 e. The molecule has 0 saturated carbocycles. The highest BCUT2D eigenvalue weighted by atomic mass is 15.2. The van der Waals surface area contributed by atoms with Gasteiger partial charge in [-0.25, -0.2) is 9.97 Å². The van der Waals surface area contributed by atoms with E-state index in [1.807, 2.05) is 18.3 Å². The van der Waals surface area contributed by atoms with E-state index in [2.05, 4.69) is 28.7 Å². The minimum atomic E-state index is 0.321. The smallest absolute Gasteiger partial charge is 0.163 e. The molecule has 1 aliphatic heterocycles. The summed E-state index contributed by atoms with van der Waals surface area (Å²) in [4.78, 5) is 16.1. The molecule has 0 aliphatic carbocycles. The molecule has 5 heteroatoms. The average molecular weight is 297 g/mol. The van der Waals surface area contributed by atoms with E-state index in [1.54, 1.807) is 6.20 Å². The van der Waals surface area contributed by atoms with Gasteiger partial charge in [0.2, 0.25) is 0 Å². The summed E-state index contributed by atoms with van der Waals surface area (Å²) in [5, 5.41) is 0. The first-order chi connectivity index (χ1) is 10.7. The van der Waals surface area contributed by atoms with Crippen LogP contribution in [0.5, 0.6) is 0 Å². The molecule has 2 N–H and O–H groups in total. The van der Waals surface area contributed by atoms with E-state index in [0.29, 0.717) is 6.04 Å². The van der Waals surface area contributed by atoms with Crippen molar-refractivity contribution in [2.75, 3.05) is 18.0 Å². The van der Waals surface area contributed by atoms with E-state index >= 15 is 0 Å². The molecule has 0 amide bonds. The Balaban J connectivity index is 2.02. The van der Waals surface area contributed by atoms with Gasteiger partial charge in [-0.2, -0.15) is 0 Å².